The minimum Gasteiger partial charge on any atom is -0.370 e. The largest absolute Gasteiger partial charge is 0.370 e. The van der Waals surface area contributed by atoms with Crippen LogP contribution in [-0.2, 0) is 11.3 Å². The number of amides is 1. The van der Waals surface area contributed by atoms with Crippen molar-refractivity contribution in [3.8, 4) is 0 Å². The van der Waals surface area contributed by atoms with Gasteiger partial charge in [0.25, 0.3) is 5.56 Å². The second-order valence-corrected chi connectivity index (χ2v) is 6.08. The molecular formula is C16H17ClN4O3. The third-order valence-electron chi connectivity index (χ3n) is 3.89. The molecule has 0 bridgehead atoms. The number of carbonyl (C=O) groups excluding carboxylic acids is 1. The minimum absolute atomic E-state index is 0.193. The number of aromatic amines is 1. The topological polar surface area (TPSA) is 87.2 Å². The Morgan fingerprint density at radius 3 is 2.67 bits per heavy atom. The van der Waals surface area contributed by atoms with E-state index in [-0.39, 0.29) is 12.5 Å². The molecule has 1 saturated heterocycles. The van der Waals surface area contributed by atoms with Gasteiger partial charge in [-0.05, 0) is 31.0 Å². The first-order valence-corrected chi connectivity index (χ1v) is 8.05. The zero-order valence-electron chi connectivity index (χ0n) is 12.9. The number of H-pyrrole nitrogens is 1. The molecule has 3 rings (SSSR count). The molecule has 126 valence electrons. The lowest BCUT2D eigenvalue weighted by Gasteiger charge is -2.22. The van der Waals surface area contributed by atoms with Crippen LogP contribution >= 0.6 is 11.6 Å². The number of nitrogens with zero attached hydrogens (tertiary/aromatic N) is 2. The predicted molar refractivity (Wildman–Crippen MR) is 92.9 cm³/mol. The van der Waals surface area contributed by atoms with Crippen molar-refractivity contribution in [1.29, 1.82) is 0 Å². The molecule has 0 radical (unpaired) electrons. The van der Waals surface area contributed by atoms with Gasteiger partial charge in [-0.25, -0.2) is 4.79 Å². The summed E-state index contributed by atoms with van der Waals surface area (Å²) in [5.41, 5.74) is 0.414. The molecule has 1 aliphatic heterocycles. The van der Waals surface area contributed by atoms with Crippen molar-refractivity contribution in [2.75, 3.05) is 23.3 Å². The molecule has 2 heterocycles. The fourth-order valence-electron chi connectivity index (χ4n) is 2.76. The molecule has 1 fully saturated rings. The highest BCUT2D eigenvalue weighted by Crippen LogP contribution is 2.31. The van der Waals surface area contributed by atoms with Crippen molar-refractivity contribution < 1.29 is 4.79 Å². The lowest BCUT2D eigenvalue weighted by Crippen LogP contribution is -2.32. The highest BCUT2D eigenvalue weighted by Gasteiger charge is 2.17. The summed E-state index contributed by atoms with van der Waals surface area (Å²) >= 11 is 6.05. The Hall–Kier alpha value is -2.54. The number of hydrogen-bond donors (Lipinski definition) is 2. The van der Waals surface area contributed by atoms with Gasteiger partial charge in [-0.2, -0.15) is 0 Å². The van der Waals surface area contributed by atoms with Crippen molar-refractivity contribution in [1.82, 2.24) is 9.55 Å². The van der Waals surface area contributed by atoms with E-state index in [4.69, 9.17) is 11.6 Å². The molecule has 2 N–H and O–H groups in total. The minimum atomic E-state index is -0.622. The Kier molecular flexibility index (Phi) is 4.71. The second kappa shape index (κ2) is 6.92. The molecule has 0 atom stereocenters. The Balaban J connectivity index is 1.79. The SMILES string of the molecule is O=C(Cn1ccc(=O)[nH]c1=O)Nc1cc(Cl)ccc1N1CCCC1. The summed E-state index contributed by atoms with van der Waals surface area (Å²) < 4.78 is 1.14. The van der Waals surface area contributed by atoms with E-state index in [0.29, 0.717) is 10.7 Å². The van der Waals surface area contributed by atoms with Crippen molar-refractivity contribution >= 4 is 28.9 Å². The summed E-state index contributed by atoms with van der Waals surface area (Å²) in [6.45, 7) is 1.68. The molecule has 24 heavy (non-hydrogen) atoms. The number of benzene rings is 1. The first kappa shape index (κ1) is 16.3. The Morgan fingerprint density at radius 2 is 1.96 bits per heavy atom. The normalized spacial score (nSPS) is 14.0. The lowest BCUT2D eigenvalue weighted by atomic mass is 10.2. The van der Waals surface area contributed by atoms with E-state index < -0.39 is 11.2 Å². The van der Waals surface area contributed by atoms with Gasteiger partial charge in [0, 0.05) is 30.4 Å². The van der Waals surface area contributed by atoms with Crippen LogP contribution in [0.3, 0.4) is 0 Å². The summed E-state index contributed by atoms with van der Waals surface area (Å²) in [6, 6.07) is 6.57. The van der Waals surface area contributed by atoms with Gasteiger partial charge in [0.15, 0.2) is 0 Å². The smallest absolute Gasteiger partial charge is 0.328 e. The van der Waals surface area contributed by atoms with Crippen molar-refractivity contribution in [2.45, 2.75) is 19.4 Å². The zero-order chi connectivity index (χ0) is 17.1. The van der Waals surface area contributed by atoms with E-state index in [1.807, 2.05) is 6.07 Å². The van der Waals surface area contributed by atoms with E-state index in [0.717, 1.165) is 36.2 Å². The van der Waals surface area contributed by atoms with Crippen molar-refractivity contribution in [3.05, 3.63) is 56.3 Å². The lowest BCUT2D eigenvalue weighted by molar-refractivity contribution is -0.116. The van der Waals surface area contributed by atoms with Gasteiger partial charge in [0.1, 0.15) is 6.54 Å². The van der Waals surface area contributed by atoms with Crippen LogP contribution in [0.5, 0.6) is 0 Å². The quantitative estimate of drug-likeness (QED) is 0.875. The molecule has 8 heteroatoms. The number of aromatic nitrogens is 2. The molecule has 0 saturated carbocycles. The zero-order valence-corrected chi connectivity index (χ0v) is 13.7. The second-order valence-electron chi connectivity index (χ2n) is 5.64. The van der Waals surface area contributed by atoms with Crippen LogP contribution in [0.15, 0.2) is 40.1 Å². The molecule has 1 aliphatic rings. The van der Waals surface area contributed by atoms with Crippen LogP contribution in [0.25, 0.3) is 0 Å². The first-order valence-electron chi connectivity index (χ1n) is 7.67. The summed E-state index contributed by atoms with van der Waals surface area (Å²) in [5.74, 6) is -0.369. The fourth-order valence-corrected chi connectivity index (χ4v) is 2.93. The van der Waals surface area contributed by atoms with Gasteiger partial charge < -0.3 is 10.2 Å². The Labute approximate surface area is 142 Å². The van der Waals surface area contributed by atoms with Crippen molar-refractivity contribution in [3.63, 3.8) is 0 Å². The molecule has 1 aromatic heterocycles. The number of halogens is 1. The third kappa shape index (κ3) is 3.68. The number of hydrogen-bond acceptors (Lipinski definition) is 4. The van der Waals surface area contributed by atoms with Crippen LogP contribution in [0.4, 0.5) is 11.4 Å². The number of rotatable bonds is 4. The summed E-state index contributed by atoms with van der Waals surface area (Å²) in [6.07, 6.45) is 3.52. The number of anilines is 2. The Morgan fingerprint density at radius 1 is 1.21 bits per heavy atom. The first-order chi connectivity index (χ1) is 11.5. The van der Waals surface area contributed by atoms with E-state index >= 15 is 0 Å². The van der Waals surface area contributed by atoms with Crippen LogP contribution < -0.4 is 21.5 Å². The molecular weight excluding hydrogens is 332 g/mol. The maximum absolute atomic E-state index is 12.3. The summed E-state index contributed by atoms with van der Waals surface area (Å²) in [7, 11) is 0. The number of carbonyl (C=O) groups is 1. The Bertz CT molecular complexity index is 868. The van der Waals surface area contributed by atoms with Crippen molar-refractivity contribution in [2.24, 2.45) is 0 Å². The predicted octanol–water partition coefficient (Wildman–Crippen LogP) is 1.43. The van der Waals surface area contributed by atoms with E-state index in [1.165, 1.54) is 12.3 Å². The van der Waals surface area contributed by atoms with Gasteiger partial charge in [0.2, 0.25) is 5.91 Å². The fraction of sp³-hybridized carbons (Fsp3) is 0.312. The standard InChI is InChI=1S/C16H17ClN4O3/c17-11-3-4-13(20-6-1-2-7-20)12(9-11)18-15(23)10-21-8-5-14(22)19-16(21)24/h3-5,8-9H,1-2,6-7,10H2,(H,18,23)(H,19,22,24). The van der Waals surface area contributed by atoms with E-state index in [9.17, 15) is 14.4 Å². The molecule has 0 aliphatic carbocycles. The summed E-state index contributed by atoms with van der Waals surface area (Å²) in [5, 5.41) is 3.32. The third-order valence-corrected chi connectivity index (χ3v) is 4.13. The molecule has 7 nitrogen and oxygen atoms in total. The molecule has 0 unspecified atom stereocenters. The molecule has 1 aromatic carbocycles. The number of nitrogens with one attached hydrogen (secondary N) is 2. The van der Waals surface area contributed by atoms with Gasteiger partial charge in [-0.3, -0.25) is 19.1 Å². The van der Waals surface area contributed by atoms with Gasteiger partial charge >= 0.3 is 5.69 Å². The van der Waals surface area contributed by atoms with Crippen LogP contribution in [0.2, 0.25) is 5.02 Å². The van der Waals surface area contributed by atoms with Gasteiger partial charge in [-0.15, -0.1) is 0 Å². The maximum atomic E-state index is 12.3. The molecule has 0 spiro atoms. The van der Waals surface area contributed by atoms with Crippen LogP contribution in [-0.4, -0.2) is 28.5 Å². The average molecular weight is 349 g/mol. The van der Waals surface area contributed by atoms with Gasteiger partial charge in [0.05, 0.1) is 11.4 Å². The van der Waals surface area contributed by atoms with E-state index in [2.05, 4.69) is 15.2 Å². The van der Waals surface area contributed by atoms with E-state index in [1.54, 1.807) is 12.1 Å². The molecule has 2 aromatic rings. The van der Waals surface area contributed by atoms with Gasteiger partial charge in [-0.1, -0.05) is 11.6 Å². The summed E-state index contributed by atoms with van der Waals surface area (Å²) in [4.78, 5) is 39.3. The maximum Gasteiger partial charge on any atom is 0.328 e. The average Bonchev–Trinajstić information content (AvgIpc) is 3.04. The van der Waals surface area contributed by atoms with Crippen LogP contribution in [0, 0.1) is 0 Å². The highest BCUT2D eigenvalue weighted by molar-refractivity contribution is 6.31. The highest BCUT2D eigenvalue weighted by atomic mass is 35.5. The monoisotopic (exact) mass is 348 g/mol. The van der Waals surface area contributed by atoms with Crippen LogP contribution in [0.1, 0.15) is 12.8 Å². The molecule has 1 amide bonds.